The Morgan fingerprint density at radius 1 is 1.57 bits per heavy atom. The van der Waals surface area contributed by atoms with Gasteiger partial charge in [-0.15, -0.1) is 0 Å². The molecule has 1 aromatic rings. The number of morpholine rings is 1. The molecular formula is C15H13FN2O3. The third kappa shape index (κ3) is 3.57. The van der Waals surface area contributed by atoms with Gasteiger partial charge in [0.05, 0.1) is 24.8 Å². The molecule has 0 bridgehead atoms. The van der Waals surface area contributed by atoms with Gasteiger partial charge in [-0.05, 0) is 18.2 Å². The molecule has 1 aliphatic rings. The molecule has 108 valence electrons. The minimum atomic E-state index is -0.657. The average Bonchev–Trinajstić information content (AvgIpc) is 2.52. The molecule has 1 amide bonds. The molecule has 1 heterocycles. The summed E-state index contributed by atoms with van der Waals surface area (Å²) in [5, 5.41) is 17.6. The van der Waals surface area contributed by atoms with Crippen LogP contribution in [0.25, 0.3) is 0 Å². The number of carbonyl (C=O) groups is 1. The molecule has 0 aliphatic carbocycles. The van der Waals surface area contributed by atoms with Crippen molar-refractivity contribution in [1.29, 1.82) is 5.26 Å². The Morgan fingerprint density at radius 3 is 3.10 bits per heavy atom. The SMILES string of the molecule is N#CC1CN(C(=O)c2ccc(F)cc2C#CCO)CCO1. The van der Waals surface area contributed by atoms with E-state index in [1.807, 2.05) is 6.07 Å². The second-order valence-corrected chi connectivity index (χ2v) is 4.39. The molecule has 0 radical (unpaired) electrons. The number of aliphatic hydroxyl groups is 1. The number of benzene rings is 1. The van der Waals surface area contributed by atoms with E-state index in [1.165, 1.54) is 17.0 Å². The first-order valence-electron chi connectivity index (χ1n) is 6.35. The van der Waals surface area contributed by atoms with Crippen molar-refractivity contribution in [1.82, 2.24) is 4.90 Å². The summed E-state index contributed by atoms with van der Waals surface area (Å²) in [5.41, 5.74) is 0.463. The van der Waals surface area contributed by atoms with Crippen LogP contribution in [0.15, 0.2) is 18.2 Å². The second-order valence-electron chi connectivity index (χ2n) is 4.39. The Labute approximate surface area is 121 Å². The van der Waals surface area contributed by atoms with Crippen molar-refractivity contribution in [2.24, 2.45) is 0 Å². The molecule has 1 fully saturated rings. The Morgan fingerprint density at radius 2 is 2.38 bits per heavy atom. The summed E-state index contributed by atoms with van der Waals surface area (Å²) in [4.78, 5) is 13.9. The van der Waals surface area contributed by atoms with E-state index in [2.05, 4.69) is 11.8 Å². The number of hydrogen-bond donors (Lipinski definition) is 1. The van der Waals surface area contributed by atoms with Crippen LogP contribution in [-0.2, 0) is 4.74 Å². The third-order valence-electron chi connectivity index (χ3n) is 3.01. The van der Waals surface area contributed by atoms with Crippen LogP contribution in [0.5, 0.6) is 0 Å². The van der Waals surface area contributed by atoms with Gasteiger partial charge in [0, 0.05) is 12.1 Å². The smallest absolute Gasteiger partial charge is 0.255 e. The largest absolute Gasteiger partial charge is 0.384 e. The summed E-state index contributed by atoms with van der Waals surface area (Å²) in [5.74, 6) is 4.12. The number of nitrogens with zero attached hydrogens (tertiary/aromatic N) is 2. The first kappa shape index (κ1) is 15.0. The van der Waals surface area contributed by atoms with Gasteiger partial charge in [-0.25, -0.2) is 4.39 Å². The highest BCUT2D eigenvalue weighted by Crippen LogP contribution is 2.15. The first-order chi connectivity index (χ1) is 10.2. The number of ether oxygens (including phenoxy) is 1. The fourth-order valence-corrected chi connectivity index (χ4v) is 2.02. The predicted octanol–water partition coefficient (Wildman–Crippen LogP) is 0.534. The minimum Gasteiger partial charge on any atom is -0.384 e. The van der Waals surface area contributed by atoms with E-state index in [4.69, 9.17) is 15.1 Å². The highest BCUT2D eigenvalue weighted by molar-refractivity contribution is 5.96. The Balaban J connectivity index is 2.28. The van der Waals surface area contributed by atoms with E-state index in [0.717, 1.165) is 6.07 Å². The zero-order chi connectivity index (χ0) is 15.2. The molecule has 0 aromatic heterocycles. The van der Waals surface area contributed by atoms with Gasteiger partial charge >= 0.3 is 0 Å². The molecule has 0 spiro atoms. The second kappa shape index (κ2) is 6.85. The van der Waals surface area contributed by atoms with Crippen LogP contribution in [0.4, 0.5) is 4.39 Å². The van der Waals surface area contributed by atoms with E-state index < -0.39 is 11.9 Å². The summed E-state index contributed by atoms with van der Waals surface area (Å²) in [6, 6.07) is 5.65. The van der Waals surface area contributed by atoms with Crippen LogP contribution < -0.4 is 0 Å². The van der Waals surface area contributed by atoms with Crippen LogP contribution in [-0.4, -0.2) is 48.3 Å². The molecule has 6 heteroatoms. The minimum absolute atomic E-state index is 0.166. The Bertz CT molecular complexity index is 643. The van der Waals surface area contributed by atoms with Gasteiger partial charge in [-0.3, -0.25) is 4.79 Å². The lowest BCUT2D eigenvalue weighted by atomic mass is 10.1. The number of amides is 1. The van der Waals surface area contributed by atoms with Gasteiger partial charge < -0.3 is 14.7 Å². The van der Waals surface area contributed by atoms with Gasteiger partial charge in [0.25, 0.3) is 5.91 Å². The molecule has 1 N–H and O–H groups in total. The van der Waals surface area contributed by atoms with Crippen molar-refractivity contribution in [3.8, 4) is 17.9 Å². The van der Waals surface area contributed by atoms with Gasteiger partial charge in [-0.2, -0.15) is 5.26 Å². The zero-order valence-corrected chi connectivity index (χ0v) is 11.2. The molecule has 2 rings (SSSR count). The van der Waals surface area contributed by atoms with Crippen LogP contribution in [0.1, 0.15) is 15.9 Å². The van der Waals surface area contributed by atoms with Crippen LogP contribution >= 0.6 is 0 Å². The monoisotopic (exact) mass is 288 g/mol. The molecule has 1 unspecified atom stereocenters. The van der Waals surface area contributed by atoms with Crippen molar-refractivity contribution >= 4 is 5.91 Å². The maximum atomic E-state index is 13.3. The van der Waals surface area contributed by atoms with Gasteiger partial charge in [0.2, 0.25) is 0 Å². The lowest BCUT2D eigenvalue weighted by Gasteiger charge is -2.30. The fourth-order valence-electron chi connectivity index (χ4n) is 2.02. The zero-order valence-electron chi connectivity index (χ0n) is 11.2. The summed E-state index contributed by atoms with van der Waals surface area (Å²) in [6.45, 7) is 0.432. The van der Waals surface area contributed by atoms with Gasteiger partial charge in [0.15, 0.2) is 6.10 Å². The lowest BCUT2D eigenvalue weighted by Crippen LogP contribution is -2.45. The summed E-state index contributed by atoms with van der Waals surface area (Å²) < 4.78 is 18.5. The lowest BCUT2D eigenvalue weighted by molar-refractivity contribution is 0.00345. The summed E-state index contributed by atoms with van der Waals surface area (Å²) >= 11 is 0. The number of carbonyl (C=O) groups excluding carboxylic acids is 1. The van der Waals surface area contributed by atoms with E-state index >= 15 is 0 Å². The molecule has 1 aliphatic heterocycles. The maximum Gasteiger partial charge on any atom is 0.255 e. The highest BCUT2D eigenvalue weighted by Gasteiger charge is 2.26. The Hall–Kier alpha value is -2.41. The van der Waals surface area contributed by atoms with Crippen LogP contribution in [0, 0.1) is 29.0 Å². The van der Waals surface area contributed by atoms with Crippen molar-refractivity contribution in [3.63, 3.8) is 0 Å². The number of halogens is 1. The summed E-state index contributed by atoms with van der Waals surface area (Å²) in [7, 11) is 0. The van der Waals surface area contributed by atoms with Crippen LogP contribution in [0.2, 0.25) is 0 Å². The molecule has 5 nitrogen and oxygen atoms in total. The van der Waals surface area contributed by atoms with Gasteiger partial charge in [-0.1, -0.05) is 11.8 Å². The van der Waals surface area contributed by atoms with E-state index in [0.29, 0.717) is 6.54 Å². The highest BCUT2D eigenvalue weighted by atomic mass is 19.1. The first-order valence-corrected chi connectivity index (χ1v) is 6.35. The molecule has 1 saturated heterocycles. The predicted molar refractivity (Wildman–Crippen MR) is 71.6 cm³/mol. The van der Waals surface area contributed by atoms with Crippen LogP contribution in [0.3, 0.4) is 0 Å². The number of rotatable bonds is 1. The molecule has 1 aromatic carbocycles. The average molecular weight is 288 g/mol. The molecule has 21 heavy (non-hydrogen) atoms. The topological polar surface area (TPSA) is 73.6 Å². The van der Waals surface area contributed by atoms with Gasteiger partial charge in [0.1, 0.15) is 12.4 Å². The standard InChI is InChI=1S/C15H13FN2O3/c16-12-3-4-14(11(8-12)2-1-6-19)15(20)18-5-7-21-13(9-17)10-18/h3-4,8,13,19H,5-7,10H2. The fraction of sp³-hybridized carbons (Fsp3) is 0.333. The molecular weight excluding hydrogens is 275 g/mol. The number of hydrogen-bond acceptors (Lipinski definition) is 4. The van der Waals surface area contributed by atoms with Crippen molar-refractivity contribution in [3.05, 3.63) is 35.1 Å². The van der Waals surface area contributed by atoms with E-state index in [9.17, 15) is 9.18 Å². The normalized spacial score (nSPS) is 17.6. The van der Waals surface area contributed by atoms with Crippen molar-refractivity contribution in [2.75, 3.05) is 26.3 Å². The maximum absolute atomic E-state index is 13.3. The van der Waals surface area contributed by atoms with E-state index in [1.54, 1.807) is 0 Å². The molecule has 1 atom stereocenters. The number of nitriles is 1. The van der Waals surface area contributed by atoms with Crippen molar-refractivity contribution in [2.45, 2.75) is 6.10 Å². The Kier molecular flexibility index (Phi) is 4.89. The summed E-state index contributed by atoms with van der Waals surface area (Å²) in [6.07, 6.45) is -0.657. The quantitative estimate of drug-likeness (QED) is 0.765. The van der Waals surface area contributed by atoms with E-state index in [-0.39, 0.29) is 36.8 Å². The van der Waals surface area contributed by atoms with Crippen molar-refractivity contribution < 1.29 is 19.0 Å². The molecule has 0 saturated carbocycles. The third-order valence-corrected chi connectivity index (χ3v) is 3.01. The number of aliphatic hydroxyl groups excluding tert-OH is 1.